The predicted molar refractivity (Wildman–Crippen MR) is 63.5 cm³/mol. The molecule has 0 saturated carbocycles. The molecule has 0 spiro atoms. The average Bonchev–Trinajstić information content (AvgIpc) is 2.88. The molecule has 0 atom stereocenters. The van der Waals surface area contributed by atoms with Crippen molar-refractivity contribution in [2.24, 2.45) is 0 Å². The molecule has 2 rings (SSSR count). The van der Waals surface area contributed by atoms with Gasteiger partial charge in [-0.25, -0.2) is 8.42 Å². The van der Waals surface area contributed by atoms with Crippen molar-refractivity contribution in [1.29, 1.82) is 0 Å². The Morgan fingerprint density at radius 3 is 2.30 bits per heavy atom. The molecule has 5 nitrogen and oxygen atoms in total. The maximum Gasteiger partial charge on any atom is 0.501 e. The highest BCUT2D eigenvalue weighted by atomic mass is 32.2. The molecule has 0 aliphatic carbocycles. The summed E-state index contributed by atoms with van der Waals surface area (Å²) >= 11 is 0. The van der Waals surface area contributed by atoms with E-state index < -0.39 is 20.2 Å². The normalized spacial score (nSPS) is 12.3. The second kappa shape index (κ2) is 5.16. The van der Waals surface area contributed by atoms with Crippen molar-refractivity contribution in [3.63, 3.8) is 0 Å². The quantitative estimate of drug-likeness (QED) is 0.940. The Balaban J connectivity index is 2.11. The molecule has 9 heteroatoms. The van der Waals surface area contributed by atoms with Crippen molar-refractivity contribution < 1.29 is 26.1 Å². The molecule has 0 aliphatic heterocycles. The lowest BCUT2D eigenvalue weighted by Crippen LogP contribution is -2.23. The van der Waals surface area contributed by atoms with Crippen LogP contribution in [0, 0.1) is 0 Å². The third-order valence-electron chi connectivity index (χ3n) is 2.43. The summed E-state index contributed by atoms with van der Waals surface area (Å²) in [7, 11) is -5.31. The van der Waals surface area contributed by atoms with E-state index in [-0.39, 0.29) is 6.54 Å². The van der Waals surface area contributed by atoms with Crippen LogP contribution in [0.3, 0.4) is 0 Å². The summed E-state index contributed by atoms with van der Waals surface area (Å²) in [5.41, 5.74) is -4.84. The summed E-state index contributed by atoms with van der Waals surface area (Å²) < 4.78 is 64.1. The number of hydrogen-bond donors (Lipinski definition) is 1. The zero-order valence-corrected chi connectivity index (χ0v) is 10.7. The predicted octanol–water partition coefficient (Wildman–Crippen LogP) is 2.58. The molecule has 20 heavy (non-hydrogen) atoms. The van der Waals surface area contributed by atoms with E-state index in [0.717, 1.165) is 12.1 Å². The van der Waals surface area contributed by atoms with E-state index in [4.69, 9.17) is 4.52 Å². The molecular weight excluding hydrogens is 297 g/mol. The fraction of sp³-hybridized carbons (Fsp3) is 0.182. The third kappa shape index (κ3) is 2.93. The summed E-state index contributed by atoms with van der Waals surface area (Å²) in [4.78, 5) is -0.796. The average molecular weight is 306 g/mol. The van der Waals surface area contributed by atoms with Crippen molar-refractivity contribution >= 4 is 15.5 Å². The standard InChI is InChI=1S/C11H9F3N2O3S/c12-11(13,14)20(17,18)10-3-1-8(2-4-10)15-7-9-5-6-16-19-9/h1-6,15H,7H2. The summed E-state index contributed by atoms with van der Waals surface area (Å²) in [5.74, 6) is 0.539. The summed E-state index contributed by atoms with van der Waals surface area (Å²) in [5, 5.41) is 6.34. The van der Waals surface area contributed by atoms with Crippen LogP contribution in [0.2, 0.25) is 0 Å². The number of anilines is 1. The number of alkyl halides is 3. The zero-order valence-electron chi connectivity index (χ0n) is 9.89. The van der Waals surface area contributed by atoms with Crippen LogP contribution in [0.5, 0.6) is 0 Å². The highest BCUT2D eigenvalue weighted by Crippen LogP contribution is 2.30. The lowest BCUT2D eigenvalue weighted by molar-refractivity contribution is -0.0436. The van der Waals surface area contributed by atoms with Crippen LogP contribution in [-0.4, -0.2) is 19.1 Å². The molecule has 1 aromatic heterocycles. The van der Waals surface area contributed by atoms with Gasteiger partial charge in [0, 0.05) is 11.8 Å². The summed E-state index contributed by atoms with van der Waals surface area (Å²) in [6, 6.07) is 5.90. The molecule has 0 fully saturated rings. The lowest BCUT2D eigenvalue weighted by Gasteiger charge is -2.09. The van der Waals surface area contributed by atoms with Gasteiger partial charge < -0.3 is 9.84 Å². The molecule has 0 bridgehead atoms. The van der Waals surface area contributed by atoms with Gasteiger partial charge in [-0.2, -0.15) is 13.2 Å². The third-order valence-corrected chi connectivity index (χ3v) is 3.93. The number of hydrogen-bond acceptors (Lipinski definition) is 5. The second-order valence-electron chi connectivity index (χ2n) is 3.81. The molecule has 108 valence electrons. The van der Waals surface area contributed by atoms with Gasteiger partial charge >= 0.3 is 5.51 Å². The Bertz CT molecular complexity index is 664. The molecule has 1 N–H and O–H groups in total. The molecule has 1 heterocycles. The second-order valence-corrected chi connectivity index (χ2v) is 5.75. The highest BCUT2D eigenvalue weighted by Gasteiger charge is 2.46. The van der Waals surface area contributed by atoms with E-state index in [0.29, 0.717) is 11.4 Å². The molecule has 2 aromatic rings. The van der Waals surface area contributed by atoms with E-state index in [2.05, 4.69) is 10.5 Å². The molecule has 0 amide bonds. The van der Waals surface area contributed by atoms with Gasteiger partial charge in [0.1, 0.15) is 0 Å². The highest BCUT2D eigenvalue weighted by molar-refractivity contribution is 7.92. The maximum atomic E-state index is 12.3. The molecule has 0 aliphatic rings. The lowest BCUT2D eigenvalue weighted by atomic mass is 10.3. The Kier molecular flexibility index (Phi) is 3.71. The Morgan fingerprint density at radius 1 is 1.15 bits per heavy atom. The van der Waals surface area contributed by atoms with Gasteiger partial charge in [-0.3, -0.25) is 0 Å². The minimum Gasteiger partial charge on any atom is -0.378 e. The SMILES string of the molecule is O=S(=O)(c1ccc(NCc2ccno2)cc1)C(F)(F)F. The van der Waals surface area contributed by atoms with Gasteiger partial charge in [0.2, 0.25) is 0 Å². The van der Waals surface area contributed by atoms with Gasteiger partial charge in [-0.1, -0.05) is 5.16 Å². The first-order valence-corrected chi connectivity index (χ1v) is 6.84. The van der Waals surface area contributed by atoms with Crippen LogP contribution in [0.4, 0.5) is 18.9 Å². The Labute approximate surface area is 112 Å². The van der Waals surface area contributed by atoms with Gasteiger partial charge in [0.15, 0.2) is 5.76 Å². The first kappa shape index (κ1) is 14.4. The van der Waals surface area contributed by atoms with E-state index in [9.17, 15) is 21.6 Å². The fourth-order valence-corrected chi connectivity index (χ4v) is 2.17. The molecule has 0 saturated heterocycles. The van der Waals surface area contributed by atoms with Crippen LogP contribution in [0.25, 0.3) is 0 Å². The van der Waals surface area contributed by atoms with Gasteiger partial charge in [0.05, 0.1) is 17.6 Å². The smallest absolute Gasteiger partial charge is 0.378 e. The maximum absolute atomic E-state index is 12.3. The first-order chi connectivity index (χ1) is 9.30. The minimum atomic E-state index is -5.31. The van der Waals surface area contributed by atoms with Crippen molar-refractivity contribution in [2.45, 2.75) is 16.9 Å². The molecular formula is C11H9F3N2O3S. The number of benzene rings is 1. The van der Waals surface area contributed by atoms with Crippen molar-refractivity contribution in [1.82, 2.24) is 5.16 Å². The number of nitrogens with zero attached hydrogens (tertiary/aromatic N) is 1. The number of halogens is 3. The van der Waals surface area contributed by atoms with Gasteiger partial charge in [-0.05, 0) is 24.3 Å². The fourth-order valence-electron chi connectivity index (χ4n) is 1.41. The van der Waals surface area contributed by atoms with Crippen LogP contribution >= 0.6 is 0 Å². The Morgan fingerprint density at radius 2 is 1.80 bits per heavy atom. The van der Waals surface area contributed by atoms with Gasteiger partial charge in [-0.15, -0.1) is 0 Å². The topological polar surface area (TPSA) is 72.2 Å². The first-order valence-electron chi connectivity index (χ1n) is 5.35. The number of rotatable bonds is 4. The van der Waals surface area contributed by atoms with Crippen LogP contribution < -0.4 is 5.32 Å². The van der Waals surface area contributed by atoms with E-state index in [1.54, 1.807) is 6.07 Å². The number of nitrogens with one attached hydrogen (secondary N) is 1. The van der Waals surface area contributed by atoms with Crippen molar-refractivity contribution in [3.05, 3.63) is 42.3 Å². The molecule has 0 unspecified atom stereocenters. The molecule has 0 radical (unpaired) electrons. The monoisotopic (exact) mass is 306 g/mol. The van der Waals surface area contributed by atoms with Crippen LogP contribution in [0.1, 0.15) is 5.76 Å². The zero-order chi connectivity index (χ0) is 14.8. The van der Waals surface area contributed by atoms with E-state index in [1.165, 1.54) is 18.3 Å². The summed E-state index contributed by atoms with van der Waals surface area (Å²) in [6.45, 7) is 0.283. The minimum absolute atomic E-state index is 0.283. The number of sulfone groups is 1. The van der Waals surface area contributed by atoms with E-state index in [1.807, 2.05) is 0 Å². The number of aromatic nitrogens is 1. The Hall–Kier alpha value is -2.03. The largest absolute Gasteiger partial charge is 0.501 e. The van der Waals surface area contributed by atoms with Crippen molar-refractivity contribution in [2.75, 3.05) is 5.32 Å². The van der Waals surface area contributed by atoms with Gasteiger partial charge in [0.25, 0.3) is 9.84 Å². The van der Waals surface area contributed by atoms with E-state index >= 15 is 0 Å². The molecule has 1 aromatic carbocycles. The van der Waals surface area contributed by atoms with Crippen LogP contribution in [0.15, 0.2) is 45.9 Å². The van der Waals surface area contributed by atoms with Crippen molar-refractivity contribution in [3.8, 4) is 0 Å². The summed E-state index contributed by atoms with van der Waals surface area (Å²) in [6.07, 6.45) is 1.45. The van der Waals surface area contributed by atoms with Crippen LogP contribution in [-0.2, 0) is 16.4 Å².